The number of nitrogens with one attached hydrogen (secondary N) is 1. The van der Waals surface area contributed by atoms with E-state index >= 15 is 0 Å². The summed E-state index contributed by atoms with van der Waals surface area (Å²) in [5.41, 5.74) is 2.33. The van der Waals surface area contributed by atoms with Crippen LogP contribution in [0, 0.1) is 13.8 Å². The second kappa shape index (κ2) is 7.47. The van der Waals surface area contributed by atoms with E-state index in [1.165, 1.54) is 4.68 Å². The number of benzene rings is 1. The van der Waals surface area contributed by atoms with Crippen LogP contribution in [-0.2, 0) is 11.3 Å². The lowest BCUT2D eigenvalue weighted by molar-refractivity contribution is -0.122. The van der Waals surface area contributed by atoms with Gasteiger partial charge in [-0.15, -0.1) is 0 Å². The predicted octanol–water partition coefficient (Wildman–Crippen LogP) is 2.68. The Morgan fingerprint density at radius 2 is 1.88 bits per heavy atom. The molecule has 1 unspecified atom stereocenters. The van der Waals surface area contributed by atoms with Gasteiger partial charge in [-0.2, -0.15) is 5.10 Å². The van der Waals surface area contributed by atoms with Gasteiger partial charge >= 0.3 is 0 Å². The van der Waals surface area contributed by atoms with Crippen molar-refractivity contribution in [2.24, 2.45) is 0 Å². The molecule has 3 rings (SSSR count). The van der Waals surface area contributed by atoms with Crippen LogP contribution >= 0.6 is 0 Å². The van der Waals surface area contributed by atoms with E-state index in [9.17, 15) is 9.59 Å². The number of pyridine rings is 1. The summed E-state index contributed by atoms with van der Waals surface area (Å²) in [6.07, 6.45) is 2.43. The average Bonchev–Trinajstić information content (AvgIpc) is 2.64. The lowest BCUT2D eigenvalue weighted by atomic mass is 10.1. The fraction of sp³-hybridized carbons (Fsp3) is 0.300. The highest BCUT2D eigenvalue weighted by atomic mass is 16.2. The summed E-state index contributed by atoms with van der Waals surface area (Å²) < 4.78 is 1.23. The Bertz CT molecular complexity index is 1010. The van der Waals surface area contributed by atoms with Gasteiger partial charge in [-0.1, -0.05) is 31.2 Å². The smallest absolute Gasteiger partial charge is 0.275 e. The molecule has 0 aliphatic rings. The lowest BCUT2D eigenvalue weighted by Gasteiger charge is -2.18. The molecule has 1 aromatic carbocycles. The van der Waals surface area contributed by atoms with Gasteiger partial charge in [0, 0.05) is 11.6 Å². The van der Waals surface area contributed by atoms with Crippen LogP contribution in [0.2, 0.25) is 0 Å². The highest BCUT2D eigenvalue weighted by Crippen LogP contribution is 2.17. The van der Waals surface area contributed by atoms with Crippen molar-refractivity contribution >= 4 is 16.7 Å². The molecule has 0 spiro atoms. The molecule has 1 atom stereocenters. The van der Waals surface area contributed by atoms with E-state index in [0.29, 0.717) is 11.8 Å². The molecule has 2 aromatic heterocycles. The zero-order valence-electron chi connectivity index (χ0n) is 15.2. The summed E-state index contributed by atoms with van der Waals surface area (Å²) in [6, 6.07) is 10.9. The van der Waals surface area contributed by atoms with Crippen molar-refractivity contribution in [3.05, 3.63) is 69.9 Å². The van der Waals surface area contributed by atoms with Gasteiger partial charge < -0.3 is 5.32 Å². The standard InChI is InChI=1S/C20H22N4O2/c1-4-17(19-13(2)8-7-11-21-19)22-18(25)12-24-20(26)16-10-6-5-9-15(16)14(3)23-24/h5-11,17H,4,12H2,1-3H3,(H,22,25). The van der Waals surface area contributed by atoms with Gasteiger partial charge in [0.1, 0.15) is 6.54 Å². The number of aromatic nitrogens is 3. The molecule has 1 N–H and O–H groups in total. The number of rotatable bonds is 5. The Hall–Kier alpha value is -3.02. The van der Waals surface area contributed by atoms with Gasteiger partial charge in [-0.3, -0.25) is 14.6 Å². The van der Waals surface area contributed by atoms with Crippen LogP contribution in [0.5, 0.6) is 0 Å². The Morgan fingerprint density at radius 3 is 2.58 bits per heavy atom. The molecule has 2 heterocycles. The first-order valence-corrected chi connectivity index (χ1v) is 8.68. The van der Waals surface area contributed by atoms with Crippen molar-refractivity contribution in [1.29, 1.82) is 0 Å². The minimum atomic E-state index is -0.261. The molecule has 0 aliphatic carbocycles. The summed E-state index contributed by atoms with van der Waals surface area (Å²) in [7, 11) is 0. The molecule has 6 heteroatoms. The number of amides is 1. The summed E-state index contributed by atoms with van der Waals surface area (Å²) >= 11 is 0. The van der Waals surface area contributed by atoms with Gasteiger partial charge in [-0.05, 0) is 38.0 Å². The normalized spacial score (nSPS) is 12.1. The van der Waals surface area contributed by atoms with Crippen molar-refractivity contribution in [2.45, 2.75) is 39.8 Å². The minimum Gasteiger partial charge on any atom is -0.346 e. The zero-order chi connectivity index (χ0) is 18.7. The Kier molecular flexibility index (Phi) is 5.11. The molecule has 0 saturated carbocycles. The van der Waals surface area contributed by atoms with Crippen molar-refractivity contribution in [1.82, 2.24) is 20.1 Å². The number of hydrogen-bond acceptors (Lipinski definition) is 4. The van der Waals surface area contributed by atoms with Crippen LogP contribution < -0.4 is 10.9 Å². The van der Waals surface area contributed by atoms with E-state index in [2.05, 4.69) is 15.4 Å². The van der Waals surface area contributed by atoms with Crippen molar-refractivity contribution < 1.29 is 4.79 Å². The largest absolute Gasteiger partial charge is 0.346 e. The van der Waals surface area contributed by atoms with Crippen molar-refractivity contribution in [3.63, 3.8) is 0 Å². The van der Waals surface area contributed by atoms with E-state index in [0.717, 1.165) is 22.3 Å². The van der Waals surface area contributed by atoms with Crippen LogP contribution in [0.4, 0.5) is 0 Å². The Labute approximate surface area is 151 Å². The fourth-order valence-corrected chi connectivity index (χ4v) is 3.11. The van der Waals surface area contributed by atoms with Crippen LogP contribution in [-0.4, -0.2) is 20.7 Å². The number of carbonyl (C=O) groups excluding carboxylic acids is 1. The van der Waals surface area contributed by atoms with Crippen molar-refractivity contribution in [2.75, 3.05) is 0 Å². The molecular weight excluding hydrogens is 328 g/mol. The maximum atomic E-state index is 12.6. The third-order valence-electron chi connectivity index (χ3n) is 4.47. The number of carbonyl (C=O) groups is 1. The second-order valence-corrected chi connectivity index (χ2v) is 6.33. The summed E-state index contributed by atoms with van der Waals surface area (Å²) in [5.74, 6) is -0.258. The molecule has 0 bridgehead atoms. The number of fused-ring (bicyclic) bond motifs is 1. The van der Waals surface area contributed by atoms with E-state index in [-0.39, 0.29) is 24.1 Å². The summed E-state index contributed by atoms with van der Waals surface area (Å²) in [6.45, 7) is 5.68. The third kappa shape index (κ3) is 3.49. The zero-order valence-corrected chi connectivity index (χ0v) is 15.2. The monoisotopic (exact) mass is 350 g/mol. The third-order valence-corrected chi connectivity index (χ3v) is 4.47. The van der Waals surface area contributed by atoms with Crippen LogP contribution in [0.15, 0.2) is 47.4 Å². The van der Waals surface area contributed by atoms with E-state index in [4.69, 9.17) is 0 Å². The minimum absolute atomic E-state index is 0.118. The number of nitrogens with zero attached hydrogens (tertiary/aromatic N) is 3. The molecule has 0 aliphatic heterocycles. The first-order chi connectivity index (χ1) is 12.5. The molecule has 3 aromatic rings. The molecule has 0 saturated heterocycles. The van der Waals surface area contributed by atoms with Gasteiger partial charge in [0.15, 0.2) is 0 Å². The summed E-state index contributed by atoms with van der Waals surface area (Å²) in [4.78, 5) is 29.5. The Balaban J connectivity index is 1.84. The average molecular weight is 350 g/mol. The van der Waals surface area contributed by atoms with Gasteiger partial charge in [0.25, 0.3) is 5.56 Å². The first-order valence-electron chi connectivity index (χ1n) is 8.68. The van der Waals surface area contributed by atoms with Crippen LogP contribution in [0.1, 0.15) is 36.3 Å². The second-order valence-electron chi connectivity index (χ2n) is 6.33. The van der Waals surface area contributed by atoms with E-state index in [1.807, 2.05) is 51.1 Å². The van der Waals surface area contributed by atoms with E-state index < -0.39 is 0 Å². The van der Waals surface area contributed by atoms with Gasteiger partial charge in [0.05, 0.1) is 22.8 Å². The lowest BCUT2D eigenvalue weighted by Crippen LogP contribution is -2.36. The highest BCUT2D eigenvalue weighted by molar-refractivity contribution is 5.83. The molecular formula is C20H22N4O2. The first kappa shape index (κ1) is 17.8. The molecule has 26 heavy (non-hydrogen) atoms. The van der Waals surface area contributed by atoms with Crippen LogP contribution in [0.3, 0.4) is 0 Å². The molecule has 1 amide bonds. The highest BCUT2D eigenvalue weighted by Gasteiger charge is 2.17. The number of hydrogen-bond donors (Lipinski definition) is 1. The molecule has 134 valence electrons. The maximum Gasteiger partial charge on any atom is 0.275 e. The SMILES string of the molecule is CCC(NC(=O)Cn1nc(C)c2ccccc2c1=O)c1ncccc1C. The molecule has 6 nitrogen and oxygen atoms in total. The predicted molar refractivity (Wildman–Crippen MR) is 101 cm³/mol. The van der Waals surface area contributed by atoms with E-state index in [1.54, 1.807) is 12.3 Å². The van der Waals surface area contributed by atoms with Crippen molar-refractivity contribution in [3.8, 4) is 0 Å². The molecule has 0 fully saturated rings. The van der Waals surface area contributed by atoms with Gasteiger partial charge in [0.2, 0.25) is 5.91 Å². The summed E-state index contributed by atoms with van der Waals surface area (Å²) in [5, 5.41) is 8.64. The Morgan fingerprint density at radius 1 is 1.15 bits per heavy atom. The van der Waals surface area contributed by atoms with Crippen LogP contribution in [0.25, 0.3) is 10.8 Å². The topological polar surface area (TPSA) is 76.9 Å². The maximum absolute atomic E-state index is 12.6. The van der Waals surface area contributed by atoms with Gasteiger partial charge in [-0.25, -0.2) is 4.68 Å². The fourth-order valence-electron chi connectivity index (χ4n) is 3.11. The molecule has 0 radical (unpaired) electrons. The number of aryl methyl sites for hydroxylation is 2. The quantitative estimate of drug-likeness (QED) is 0.767.